The second-order valence-electron chi connectivity index (χ2n) is 14.4. The first-order valence-corrected chi connectivity index (χ1v) is 17.9. The maximum absolute atomic E-state index is 6.51. The van der Waals surface area contributed by atoms with Crippen LogP contribution in [0.15, 0.2) is 160 Å². The van der Waals surface area contributed by atoms with Crippen LogP contribution >= 0.6 is 0 Å². The minimum atomic E-state index is -0.168. The van der Waals surface area contributed by atoms with Gasteiger partial charge in [0.2, 0.25) is 0 Å². The number of hydrogen-bond donors (Lipinski definition) is 0. The lowest BCUT2D eigenvalue weighted by Gasteiger charge is -2.21. The van der Waals surface area contributed by atoms with Crippen LogP contribution in [-0.4, -0.2) is 15.0 Å². The third-order valence-corrected chi connectivity index (χ3v) is 11.0. The molecule has 3 aromatic heterocycles. The van der Waals surface area contributed by atoms with E-state index in [0.717, 1.165) is 71.7 Å². The van der Waals surface area contributed by atoms with E-state index in [-0.39, 0.29) is 5.41 Å². The Labute approximate surface area is 305 Å². The standard InChI is InChI=1S/C48H31N3O2/c1-48(2)38-19-8-6-14-31(38)32-24-22-30(27-39(32)48)45-49-46(51-47(50-45)36-18-10-16-34-33-15-7-9-20-40(33)53-44(34)36)35-17-11-21-42-43(35)37-26-29(23-25-41(37)52-42)28-12-4-3-5-13-28/h3-27H,1-2H3. The third kappa shape index (κ3) is 4.47. The SMILES string of the molecule is CC1(C)c2ccccc2-c2ccc(-c3nc(-c4cccc5c4oc4ccccc45)nc(-c4cccc5oc6ccc(-c7ccccc7)cc6c45)n3)cc21. The van der Waals surface area contributed by atoms with Gasteiger partial charge in [0.05, 0.1) is 5.56 Å². The van der Waals surface area contributed by atoms with E-state index in [2.05, 4.69) is 117 Å². The van der Waals surface area contributed by atoms with Crippen molar-refractivity contribution >= 4 is 43.9 Å². The molecule has 0 saturated carbocycles. The highest BCUT2D eigenvalue weighted by atomic mass is 16.3. The summed E-state index contributed by atoms with van der Waals surface area (Å²) >= 11 is 0. The van der Waals surface area contributed by atoms with Gasteiger partial charge in [0.1, 0.15) is 22.3 Å². The van der Waals surface area contributed by atoms with Gasteiger partial charge in [-0.05, 0) is 69.8 Å². The third-order valence-electron chi connectivity index (χ3n) is 11.0. The number of para-hydroxylation sites is 2. The number of fused-ring (bicyclic) bond motifs is 9. The molecule has 0 N–H and O–H groups in total. The van der Waals surface area contributed by atoms with Crippen molar-refractivity contribution in [1.29, 1.82) is 0 Å². The van der Waals surface area contributed by atoms with Crippen LogP contribution in [-0.2, 0) is 5.41 Å². The van der Waals surface area contributed by atoms with Crippen LogP contribution in [0.25, 0.3) is 100 Å². The average molecular weight is 682 g/mol. The lowest BCUT2D eigenvalue weighted by Crippen LogP contribution is -2.15. The molecule has 0 unspecified atom stereocenters. The van der Waals surface area contributed by atoms with E-state index in [4.69, 9.17) is 23.8 Å². The van der Waals surface area contributed by atoms with Gasteiger partial charge in [0, 0.05) is 38.1 Å². The van der Waals surface area contributed by atoms with Gasteiger partial charge < -0.3 is 8.83 Å². The Morgan fingerprint density at radius 2 is 1.04 bits per heavy atom. The maximum atomic E-state index is 6.51. The molecule has 5 nitrogen and oxygen atoms in total. The molecule has 7 aromatic carbocycles. The number of rotatable bonds is 4. The molecule has 0 saturated heterocycles. The number of nitrogens with zero attached hydrogens (tertiary/aromatic N) is 3. The van der Waals surface area contributed by atoms with Crippen molar-refractivity contribution in [3.63, 3.8) is 0 Å². The highest BCUT2D eigenvalue weighted by molar-refractivity contribution is 6.13. The van der Waals surface area contributed by atoms with E-state index in [1.54, 1.807) is 0 Å². The Hall–Kier alpha value is -6.85. The molecule has 0 spiro atoms. The maximum Gasteiger partial charge on any atom is 0.167 e. The van der Waals surface area contributed by atoms with E-state index in [0.29, 0.717) is 17.5 Å². The van der Waals surface area contributed by atoms with Crippen molar-refractivity contribution in [2.75, 3.05) is 0 Å². The molecule has 10 aromatic rings. The van der Waals surface area contributed by atoms with Gasteiger partial charge in [-0.15, -0.1) is 0 Å². The Morgan fingerprint density at radius 3 is 1.94 bits per heavy atom. The highest BCUT2D eigenvalue weighted by Crippen LogP contribution is 2.49. The van der Waals surface area contributed by atoms with Crippen molar-refractivity contribution in [3.05, 3.63) is 163 Å². The topological polar surface area (TPSA) is 65.0 Å². The molecule has 0 radical (unpaired) electrons. The summed E-state index contributed by atoms with van der Waals surface area (Å²) in [5.74, 6) is 1.72. The van der Waals surface area contributed by atoms with Gasteiger partial charge in [-0.25, -0.2) is 15.0 Å². The zero-order valence-electron chi connectivity index (χ0n) is 29.1. The molecule has 11 rings (SSSR count). The number of benzene rings is 7. The molecule has 3 heterocycles. The second kappa shape index (κ2) is 11.1. The van der Waals surface area contributed by atoms with Crippen molar-refractivity contribution in [1.82, 2.24) is 15.0 Å². The predicted octanol–water partition coefficient (Wildman–Crippen LogP) is 12.6. The Morgan fingerprint density at radius 1 is 0.396 bits per heavy atom. The molecular weight excluding hydrogens is 651 g/mol. The first-order valence-electron chi connectivity index (χ1n) is 17.9. The zero-order valence-corrected chi connectivity index (χ0v) is 29.1. The highest BCUT2D eigenvalue weighted by Gasteiger charge is 2.35. The van der Waals surface area contributed by atoms with Crippen molar-refractivity contribution in [3.8, 4) is 56.4 Å². The molecule has 53 heavy (non-hydrogen) atoms. The largest absolute Gasteiger partial charge is 0.456 e. The van der Waals surface area contributed by atoms with Gasteiger partial charge in [-0.3, -0.25) is 0 Å². The summed E-state index contributed by atoms with van der Waals surface area (Å²) in [7, 11) is 0. The fraction of sp³-hybridized carbons (Fsp3) is 0.0625. The molecule has 0 fully saturated rings. The molecule has 250 valence electrons. The Balaban J connectivity index is 1.17. The van der Waals surface area contributed by atoms with Gasteiger partial charge in [0.25, 0.3) is 0 Å². The zero-order chi connectivity index (χ0) is 35.3. The van der Waals surface area contributed by atoms with Crippen LogP contribution in [0, 0.1) is 0 Å². The van der Waals surface area contributed by atoms with Crippen LogP contribution in [0.4, 0.5) is 0 Å². The molecule has 5 heteroatoms. The molecular formula is C48H31N3O2. The summed E-state index contributed by atoms with van der Waals surface area (Å²) in [5.41, 5.74) is 13.0. The molecule has 0 atom stereocenters. The van der Waals surface area contributed by atoms with Crippen LogP contribution in [0.5, 0.6) is 0 Å². The fourth-order valence-corrected chi connectivity index (χ4v) is 8.34. The van der Waals surface area contributed by atoms with Crippen molar-refractivity contribution in [2.45, 2.75) is 19.3 Å². The summed E-state index contributed by atoms with van der Waals surface area (Å²) in [6.45, 7) is 4.59. The molecule has 1 aliphatic rings. The van der Waals surface area contributed by atoms with Crippen LogP contribution in [0.3, 0.4) is 0 Å². The molecule has 0 aliphatic heterocycles. The van der Waals surface area contributed by atoms with E-state index in [1.165, 1.54) is 22.3 Å². The molecule has 0 bridgehead atoms. The van der Waals surface area contributed by atoms with Crippen molar-refractivity contribution in [2.24, 2.45) is 0 Å². The van der Waals surface area contributed by atoms with E-state index in [9.17, 15) is 0 Å². The number of furan rings is 2. The summed E-state index contributed by atoms with van der Waals surface area (Å²) in [6, 6.07) is 52.5. The number of aromatic nitrogens is 3. The second-order valence-corrected chi connectivity index (χ2v) is 14.4. The number of hydrogen-bond acceptors (Lipinski definition) is 5. The first-order chi connectivity index (χ1) is 26.0. The minimum Gasteiger partial charge on any atom is -0.456 e. The van der Waals surface area contributed by atoms with Crippen LogP contribution < -0.4 is 0 Å². The van der Waals surface area contributed by atoms with Gasteiger partial charge >= 0.3 is 0 Å². The summed E-state index contributed by atoms with van der Waals surface area (Å²) < 4.78 is 13.0. The summed E-state index contributed by atoms with van der Waals surface area (Å²) in [5, 5.41) is 4.06. The molecule has 1 aliphatic carbocycles. The first kappa shape index (κ1) is 29.8. The Kier molecular flexibility index (Phi) is 6.23. The summed E-state index contributed by atoms with van der Waals surface area (Å²) in [4.78, 5) is 15.7. The van der Waals surface area contributed by atoms with Crippen molar-refractivity contribution < 1.29 is 8.83 Å². The minimum absolute atomic E-state index is 0.168. The van der Waals surface area contributed by atoms with Gasteiger partial charge in [0.15, 0.2) is 17.5 Å². The van der Waals surface area contributed by atoms with E-state index < -0.39 is 0 Å². The lowest BCUT2D eigenvalue weighted by atomic mass is 9.82. The average Bonchev–Trinajstić information content (AvgIpc) is 3.85. The van der Waals surface area contributed by atoms with Crippen LogP contribution in [0.1, 0.15) is 25.0 Å². The Bertz CT molecular complexity index is 3100. The molecule has 0 amide bonds. The quantitative estimate of drug-likeness (QED) is 0.185. The van der Waals surface area contributed by atoms with E-state index in [1.807, 2.05) is 48.5 Å². The van der Waals surface area contributed by atoms with Gasteiger partial charge in [-0.2, -0.15) is 0 Å². The summed E-state index contributed by atoms with van der Waals surface area (Å²) in [6.07, 6.45) is 0. The van der Waals surface area contributed by atoms with Crippen LogP contribution in [0.2, 0.25) is 0 Å². The monoisotopic (exact) mass is 681 g/mol. The van der Waals surface area contributed by atoms with Gasteiger partial charge in [-0.1, -0.05) is 129 Å². The van der Waals surface area contributed by atoms with E-state index >= 15 is 0 Å². The lowest BCUT2D eigenvalue weighted by molar-refractivity contribution is 0.660. The fourth-order valence-electron chi connectivity index (χ4n) is 8.34. The predicted molar refractivity (Wildman–Crippen MR) is 214 cm³/mol. The normalized spacial score (nSPS) is 13.2. The smallest absolute Gasteiger partial charge is 0.167 e.